The van der Waals surface area contributed by atoms with Gasteiger partial charge in [0.1, 0.15) is 5.82 Å². The van der Waals surface area contributed by atoms with Crippen LogP contribution in [0.4, 0.5) is 5.82 Å². The van der Waals surface area contributed by atoms with Crippen LogP contribution in [0.1, 0.15) is 0 Å². The summed E-state index contributed by atoms with van der Waals surface area (Å²) in [5, 5.41) is 6.57. The molecule has 5 nitrogen and oxygen atoms in total. The summed E-state index contributed by atoms with van der Waals surface area (Å²) < 4.78 is 23.4. The third-order valence-electron chi connectivity index (χ3n) is 2.24. The van der Waals surface area contributed by atoms with E-state index in [1.165, 1.54) is 6.26 Å². The first-order valence-electron chi connectivity index (χ1n) is 4.69. The fraction of sp³-hybridized carbons (Fsp3) is 0.100. The summed E-state index contributed by atoms with van der Waals surface area (Å²) in [4.78, 5) is 0.258. The van der Waals surface area contributed by atoms with Crippen LogP contribution in [0.25, 0.3) is 11.3 Å². The predicted molar refractivity (Wildman–Crippen MR) is 69.2 cm³/mol. The number of aromatic amines is 1. The Morgan fingerprint density at radius 1 is 1.35 bits per heavy atom. The summed E-state index contributed by atoms with van der Waals surface area (Å²) in [7, 11) is -3.22. The predicted octanol–water partition coefficient (Wildman–Crippen LogP) is 1.82. The highest BCUT2D eigenvalue weighted by molar-refractivity contribution is 9.10. The summed E-state index contributed by atoms with van der Waals surface area (Å²) in [6.07, 6.45) is 1.17. The lowest BCUT2D eigenvalue weighted by Crippen LogP contribution is -1.98. The number of nitrogens with zero attached hydrogens (tertiary/aromatic N) is 1. The molecular weight excluding hydrogens is 306 g/mol. The highest BCUT2D eigenvalue weighted by Gasteiger charge is 2.13. The molecule has 0 aliphatic carbocycles. The number of aromatic nitrogens is 2. The molecule has 0 spiro atoms. The Morgan fingerprint density at radius 3 is 2.53 bits per heavy atom. The number of hydrogen-bond acceptors (Lipinski definition) is 4. The average molecular weight is 316 g/mol. The zero-order chi connectivity index (χ0) is 12.6. The molecule has 2 aromatic rings. The van der Waals surface area contributed by atoms with Crippen molar-refractivity contribution in [1.29, 1.82) is 0 Å². The first kappa shape index (κ1) is 12.1. The van der Waals surface area contributed by atoms with Gasteiger partial charge in [0.2, 0.25) is 0 Å². The van der Waals surface area contributed by atoms with Crippen molar-refractivity contribution >= 4 is 31.6 Å². The number of nitrogen functional groups attached to an aromatic ring is 1. The van der Waals surface area contributed by atoms with Crippen molar-refractivity contribution in [1.82, 2.24) is 10.2 Å². The van der Waals surface area contributed by atoms with Gasteiger partial charge in [0.25, 0.3) is 0 Å². The van der Waals surface area contributed by atoms with Crippen LogP contribution < -0.4 is 5.73 Å². The van der Waals surface area contributed by atoms with Gasteiger partial charge in [0, 0.05) is 22.4 Å². The Balaban J connectivity index is 2.52. The van der Waals surface area contributed by atoms with Gasteiger partial charge in [-0.3, -0.25) is 5.10 Å². The van der Waals surface area contributed by atoms with Gasteiger partial charge in [0.05, 0.1) is 10.6 Å². The number of rotatable bonds is 2. The first-order chi connectivity index (χ1) is 7.88. The van der Waals surface area contributed by atoms with Gasteiger partial charge in [-0.25, -0.2) is 8.42 Å². The number of anilines is 1. The molecule has 1 aromatic heterocycles. The smallest absolute Gasteiger partial charge is 0.176 e. The van der Waals surface area contributed by atoms with Crippen LogP contribution in [0.2, 0.25) is 0 Å². The summed E-state index contributed by atoms with van der Waals surface area (Å²) >= 11 is 3.24. The van der Waals surface area contributed by atoms with Crippen molar-refractivity contribution in [3.63, 3.8) is 0 Å². The van der Waals surface area contributed by atoms with Gasteiger partial charge in [-0.15, -0.1) is 0 Å². The van der Waals surface area contributed by atoms with Crippen molar-refractivity contribution in [3.8, 4) is 11.3 Å². The van der Waals surface area contributed by atoms with Crippen molar-refractivity contribution in [2.24, 2.45) is 0 Å². The maximum absolute atomic E-state index is 11.4. The molecule has 2 rings (SSSR count). The van der Waals surface area contributed by atoms with Gasteiger partial charge < -0.3 is 5.73 Å². The highest BCUT2D eigenvalue weighted by atomic mass is 79.9. The molecule has 1 heterocycles. The van der Waals surface area contributed by atoms with E-state index in [2.05, 4.69) is 26.1 Å². The molecule has 0 aliphatic rings. The molecule has 0 radical (unpaired) electrons. The SMILES string of the molecule is CS(=O)(=O)c1ccc(-c2cc(N)n[nH]2)cc1Br. The summed E-state index contributed by atoms with van der Waals surface area (Å²) in [5.41, 5.74) is 7.06. The summed E-state index contributed by atoms with van der Waals surface area (Å²) in [5.74, 6) is 0.392. The Bertz CT molecular complexity index is 664. The molecule has 0 unspecified atom stereocenters. The maximum atomic E-state index is 11.4. The Morgan fingerprint density at radius 2 is 2.06 bits per heavy atom. The third-order valence-corrected chi connectivity index (χ3v) is 4.31. The number of benzene rings is 1. The van der Waals surface area contributed by atoms with E-state index in [1.54, 1.807) is 24.3 Å². The Labute approximate surface area is 107 Å². The van der Waals surface area contributed by atoms with Gasteiger partial charge in [-0.05, 0) is 28.1 Å². The van der Waals surface area contributed by atoms with Gasteiger partial charge in [-0.1, -0.05) is 6.07 Å². The molecule has 0 saturated heterocycles. The normalized spacial score (nSPS) is 11.6. The topological polar surface area (TPSA) is 88.8 Å². The van der Waals surface area contributed by atoms with Gasteiger partial charge in [-0.2, -0.15) is 5.10 Å². The lowest BCUT2D eigenvalue weighted by Gasteiger charge is -2.04. The molecule has 0 amide bonds. The van der Waals surface area contributed by atoms with E-state index in [0.29, 0.717) is 10.3 Å². The minimum atomic E-state index is -3.22. The van der Waals surface area contributed by atoms with E-state index in [4.69, 9.17) is 5.73 Å². The van der Waals surface area contributed by atoms with Gasteiger partial charge >= 0.3 is 0 Å². The second-order valence-electron chi connectivity index (χ2n) is 3.62. The van der Waals surface area contributed by atoms with Crippen LogP contribution in [0.5, 0.6) is 0 Å². The molecule has 0 fully saturated rings. The second-order valence-corrected chi connectivity index (χ2v) is 6.46. The molecule has 0 atom stereocenters. The fourth-order valence-corrected chi connectivity index (χ4v) is 3.44. The molecule has 7 heteroatoms. The Kier molecular flexibility index (Phi) is 2.96. The zero-order valence-electron chi connectivity index (χ0n) is 8.94. The number of hydrogen-bond donors (Lipinski definition) is 2. The summed E-state index contributed by atoms with van der Waals surface area (Å²) in [6, 6.07) is 6.64. The van der Waals surface area contributed by atoms with Crippen LogP contribution in [-0.4, -0.2) is 24.9 Å². The summed E-state index contributed by atoms with van der Waals surface area (Å²) in [6.45, 7) is 0. The lowest BCUT2D eigenvalue weighted by molar-refractivity contribution is 0.601. The molecule has 0 saturated carbocycles. The monoisotopic (exact) mass is 315 g/mol. The quantitative estimate of drug-likeness (QED) is 0.884. The highest BCUT2D eigenvalue weighted by Crippen LogP contribution is 2.28. The van der Waals surface area contributed by atoms with E-state index < -0.39 is 9.84 Å². The van der Waals surface area contributed by atoms with Crippen molar-refractivity contribution in [2.75, 3.05) is 12.0 Å². The fourth-order valence-electron chi connectivity index (χ4n) is 1.45. The van der Waals surface area contributed by atoms with E-state index in [-0.39, 0.29) is 4.90 Å². The number of nitrogens with two attached hydrogens (primary N) is 1. The van der Waals surface area contributed by atoms with Crippen LogP contribution in [0.3, 0.4) is 0 Å². The standard InChI is InChI=1S/C10H10BrN3O2S/c1-17(15,16)9-3-2-6(4-7(9)11)8-5-10(12)14-13-8/h2-5H,1H3,(H3,12,13,14). The minimum Gasteiger partial charge on any atom is -0.382 e. The third kappa shape index (κ3) is 2.50. The van der Waals surface area contributed by atoms with Crippen molar-refractivity contribution in [2.45, 2.75) is 4.90 Å². The second kappa shape index (κ2) is 4.15. The number of H-pyrrole nitrogens is 1. The molecule has 0 bridgehead atoms. The zero-order valence-corrected chi connectivity index (χ0v) is 11.3. The average Bonchev–Trinajstić information content (AvgIpc) is 2.62. The largest absolute Gasteiger partial charge is 0.382 e. The van der Waals surface area contributed by atoms with Crippen LogP contribution in [-0.2, 0) is 9.84 Å². The van der Waals surface area contributed by atoms with Crippen LogP contribution >= 0.6 is 15.9 Å². The number of halogens is 1. The Hall–Kier alpha value is -1.34. The minimum absolute atomic E-state index is 0.258. The molecular formula is C10H10BrN3O2S. The first-order valence-corrected chi connectivity index (χ1v) is 7.37. The van der Waals surface area contributed by atoms with Crippen molar-refractivity contribution < 1.29 is 8.42 Å². The van der Waals surface area contributed by atoms with E-state index in [0.717, 1.165) is 11.3 Å². The maximum Gasteiger partial charge on any atom is 0.176 e. The molecule has 0 aliphatic heterocycles. The molecule has 3 N–H and O–H groups in total. The number of nitrogens with one attached hydrogen (secondary N) is 1. The van der Waals surface area contributed by atoms with E-state index in [1.807, 2.05) is 0 Å². The van der Waals surface area contributed by atoms with E-state index >= 15 is 0 Å². The molecule has 90 valence electrons. The number of sulfone groups is 1. The molecule has 1 aromatic carbocycles. The lowest BCUT2D eigenvalue weighted by atomic mass is 10.1. The van der Waals surface area contributed by atoms with Crippen LogP contribution in [0, 0.1) is 0 Å². The van der Waals surface area contributed by atoms with Crippen LogP contribution in [0.15, 0.2) is 33.6 Å². The van der Waals surface area contributed by atoms with Crippen molar-refractivity contribution in [3.05, 3.63) is 28.7 Å². The molecule has 17 heavy (non-hydrogen) atoms. The van der Waals surface area contributed by atoms with Gasteiger partial charge in [0.15, 0.2) is 9.84 Å². The van der Waals surface area contributed by atoms with E-state index in [9.17, 15) is 8.42 Å².